The molecule has 7 fully saturated rings. The van der Waals surface area contributed by atoms with Gasteiger partial charge in [0, 0.05) is 26.2 Å². The van der Waals surface area contributed by atoms with Gasteiger partial charge in [0.2, 0.25) is 0 Å². The van der Waals surface area contributed by atoms with Crippen molar-refractivity contribution in [3.05, 3.63) is 187 Å². The zero-order valence-electron chi connectivity index (χ0n) is 31.7. The summed E-state index contributed by atoms with van der Waals surface area (Å²) in [6, 6.07) is 16.4. The minimum atomic E-state index is -0.896. The molecule has 7 aliphatic rings. The Morgan fingerprint density at radius 2 is 1.12 bits per heavy atom. The predicted molar refractivity (Wildman–Crippen MR) is 212 cm³/mol. The van der Waals surface area contributed by atoms with Crippen molar-refractivity contribution in [2.75, 3.05) is 33.8 Å². The van der Waals surface area contributed by atoms with Crippen molar-refractivity contribution < 1.29 is 62.6 Å². The first-order valence-corrected chi connectivity index (χ1v) is 18.7. The third-order valence-electron chi connectivity index (χ3n) is 9.78. The molecule has 4 saturated carbocycles. The summed E-state index contributed by atoms with van der Waals surface area (Å²) in [6.45, 7) is 3.68. The van der Waals surface area contributed by atoms with Gasteiger partial charge in [-0.2, -0.15) is 0 Å². The van der Waals surface area contributed by atoms with Crippen LogP contribution in [0.4, 0.5) is 0 Å². The fourth-order valence-corrected chi connectivity index (χ4v) is 7.14. The summed E-state index contributed by atoms with van der Waals surface area (Å²) in [5.41, 5.74) is 4.24. The van der Waals surface area contributed by atoms with Gasteiger partial charge >= 0.3 is 48.4 Å². The first kappa shape index (κ1) is 46.4. The molecule has 0 bridgehead atoms. The van der Waals surface area contributed by atoms with E-state index in [4.69, 9.17) is 23.4 Å². The molecule has 1 N–H and O–H groups in total. The Morgan fingerprint density at radius 3 is 1.68 bits per heavy atom. The number of ether oxygens (including phenoxy) is 1. The van der Waals surface area contributed by atoms with Gasteiger partial charge in [0.15, 0.2) is 6.29 Å². The second-order valence-corrected chi connectivity index (χ2v) is 14.2. The summed E-state index contributed by atoms with van der Waals surface area (Å²) >= 11 is 0. The smallest absolute Gasteiger partial charge is 0.405 e. The van der Waals surface area contributed by atoms with Crippen molar-refractivity contribution >= 4 is 25.2 Å². The second kappa shape index (κ2) is 23.9. The molecule has 8 nitrogen and oxygen atoms in total. The summed E-state index contributed by atoms with van der Waals surface area (Å²) in [5, 5.41) is 11.2. The minimum Gasteiger partial charge on any atom is -0.405 e. The number of benzene rings is 2. The third kappa shape index (κ3) is 13.1. The van der Waals surface area contributed by atoms with Crippen LogP contribution in [0, 0.1) is 127 Å². The molecule has 2 aromatic carbocycles. The van der Waals surface area contributed by atoms with Crippen LogP contribution in [0.25, 0.3) is 0 Å². The standard InChI is InChI=1S/C34H38B2N2O6.2C5H5.2Fe/c1-37(19-24-9-3-4-10-24)21-26-15-17-28(18-16-26)35-43-33-31(39)32(41-34(33)44-35)30-23-40-36(42-30)29-14-8-7-13-27(29)22-38(2)20-25-11-5-6-12-25;2*1-2-4-5-3-1;;/h3-18,30-34,39H,19-23H2,1-2H3;2*1-5H;;/q;;;2*+2/t30-,31+,32-,33-,34-;;;;/m1..../s1. The maximum Gasteiger partial charge on any atom is 2.00 e. The third-order valence-corrected chi connectivity index (χ3v) is 9.78. The van der Waals surface area contributed by atoms with Crippen LogP contribution < -0.4 is 10.9 Å². The van der Waals surface area contributed by atoms with Crippen molar-refractivity contribution in [3.8, 4) is 0 Å². The minimum absolute atomic E-state index is 0. The van der Waals surface area contributed by atoms with Crippen molar-refractivity contribution in [2.24, 2.45) is 0 Å². The second-order valence-electron chi connectivity index (χ2n) is 14.2. The molecule has 12 heteroatoms. The van der Waals surface area contributed by atoms with E-state index in [0.29, 0.717) is 6.61 Å². The van der Waals surface area contributed by atoms with Gasteiger partial charge in [-0.3, -0.25) is 0 Å². The summed E-state index contributed by atoms with van der Waals surface area (Å²) in [7, 11) is 3.10. The molecule has 9 rings (SSSR count). The molecule has 5 atom stereocenters. The summed E-state index contributed by atoms with van der Waals surface area (Å²) < 4.78 is 30.9. The summed E-state index contributed by atoms with van der Waals surface area (Å²) in [5.74, 6) is 2.59. The Morgan fingerprint density at radius 1 is 0.589 bits per heavy atom. The fourth-order valence-electron chi connectivity index (χ4n) is 7.14. The van der Waals surface area contributed by atoms with E-state index >= 15 is 0 Å². The zero-order valence-corrected chi connectivity index (χ0v) is 33.9. The van der Waals surface area contributed by atoms with Crippen LogP contribution in [0.15, 0.2) is 48.5 Å². The maximum absolute atomic E-state index is 11.2. The normalized spacial score (nSPS) is 27.6. The number of fused-ring (bicyclic) bond motifs is 1. The van der Waals surface area contributed by atoms with Gasteiger partial charge in [-0.15, -0.1) is 0 Å². The maximum atomic E-state index is 11.2. The van der Waals surface area contributed by atoms with Gasteiger partial charge in [0.1, 0.15) is 18.3 Å². The number of hydrogen-bond donors (Lipinski definition) is 1. The molecule has 0 unspecified atom stereocenters. The number of nitrogens with zero attached hydrogens (tertiary/aromatic N) is 2. The Bertz CT molecular complexity index is 1370. The van der Waals surface area contributed by atoms with E-state index in [1.807, 2.05) is 94.5 Å². The van der Waals surface area contributed by atoms with E-state index < -0.39 is 44.9 Å². The quantitative estimate of drug-likeness (QED) is 0.346. The molecule has 20 radical (unpaired) electrons. The number of aliphatic hydroxyl groups is 1. The van der Waals surface area contributed by atoms with Gasteiger partial charge in [-0.05, 0) is 164 Å². The van der Waals surface area contributed by atoms with Crippen molar-refractivity contribution in [1.29, 1.82) is 0 Å². The Hall–Kier alpha value is -0.711. The number of hydrogen-bond acceptors (Lipinski definition) is 8. The van der Waals surface area contributed by atoms with E-state index in [1.165, 1.54) is 17.4 Å². The van der Waals surface area contributed by atoms with Gasteiger partial charge < -0.3 is 38.3 Å². The van der Waals surface area contributed by atoms with E-state index in [9.17, 15) is 5.11 Å². The molecule has 2 aromatic rings. The molecule has 4 aliphatic carbocycles. The van der Waals surface area contributed by atoms with Crippen molar-refractivity contribution in [1.82, 2.24) is 9.80 Å². The molecule has 288 valence electrons. The predicted octanol–water partition coefficient (Wildman–Crippen LogP) is 3.41. The van der Waals surface area contributed by atoms with Gasteiger partial charge in [0.25, 0.3) is 0 Å². The summed E-state index contributed by atoms with van der Waals surface area (Å²) in [6.07, 6.45) is 33.6. The van der Waals surface area contributed by atoms with Crippen molar-refractivity contribution in [3.63, 3.8) is 0 Å². The van der Waals surface area contributed by atoms with E-state index in [1.54, 1.807) is 0 Å². The van der Waals surface area contributed by atoms with Gasteiger partial charge in [0.05, 0.1) is 12.7 Å². The summed E-state index contributed by atoms with van der Waals surface area (Å²) in [4.78, 5) is 4.55. The zero-order chi connectivity index (χ0) is 37.1. The SMILES string of the molecule is CN(C[C]1[CH][CH][CH][CH]1)Cc1ccc(B2O[C@H]3O[C@H]([C@H]4COB(c5ccccc5CN(C)C[C]5[CH][CH][CH][CH]5)O4)[C@H](O)[C@H]3O2)cc1.[CH]1[CH][CH][CH][CH]1.[CH]1[CH][CH][CH][CH]1.[Fe+2].[Fe+2]. The molecular formula is C44H48B2Fe2N2O6+4. The van der Waals surface area contributed by atoms with E-state index in [-0.39, 0.29) is 34.1 Å². The van der Waals surface area contributed by atoms with Crippen LogP contribution in [0.3, 0.4) is 0 Å². The molecule has 0 amide bonds. The largest absolute Gasteiger partial charge is 2.00 e. The van der Waals surface area contributed by atoms with Crippen LogP contribution in [0.1, 0.15) is 11.1 Å². The van der Waals surface area contributed by atoms with E-state index in [2.05, 4.69) is 93.5 Å². The molecule has 3 saturated heterocycles. The Balaban J connectivity index is 0.000000436. The first-order valence-electron chi connectivity index (χ1n) is 18.7. The Labute approximate surface area is 360 Å². The molecule has 56 heavy (non-hydrogen) atoms. The monoisotopic (exact) mass is 834 g/mol. The molecule has 3 heterocycles. The molecule has 3 aliphatic heterocycles. The van der Waals surface area contributed by atoms with E-state index in [0.717, 1.165) is 42.7 Å². The van der Waals surface area contributed by atoms with Crippen LogP contribution in [0.5, 0.6) is 0 Å². The van der Waals surface area contributed by atoms with Crippen molar-refractivity contribution in [2.45, 2.75) is 43.8 Å². The van der Waals surface area contributed by atoms with Gasteiger partial charge in [-0.25, -0.2) is 0 Å². The molecular weight excluding hydrogens is 786 g/mol. The van der Waals surface area contributed by atoms with Crippen LogP contribution >= 0.6 is 0 Å². The average molecular weight is 834 g/mol. The average Bonchev–Trinajstić information content (AvgIpc) is 4.02. The fraction of sp³-hybridized carbons (Fsp3) is 0.273. The molecule has 0 aromatic heterocycles. The molecule has 0 spiro atoms. The topological polar surface area (TPSA) is 72.9 Å². The van der Waals surface area contributed by atoms with Crippen LogP contribution in [-0.4, -0.2) is 93.6 Å². The van der Waals surface area contributed by atoms with Crippen LogP contribution in [-0.2, 0) is 70.6 Å². The van der Waals surface area contributed by atoms with Gasteiger partial charge in [-0.1, -0.05) is 48.5 Å². The first-order chi connectivity index (χ1) is 26.5. The number of aliphatic hydroxyl groups excluding tert-OH is 1. The number of rotatable bonds is 11. The Kier molecular flexibility index (Phi) is 19.8. The van der Waals surface area contributed by atoms with Crippen LogP contribution in [0.2, 0.25) is 0 Å².